The Labute approximate surface area is 255 Å². The van der Waals surface area contributed by atoms with Gasteiger partial charge in [-0.3, -0.25) is 4.79 Å². The number of ketones is 1. The quantitative estimate of drug-likeness (QED) is 0.130. The lowest BCUT2D eigenvalue weighted by Crippen LogP contribution is -2.70. The molecule has 0 heterocycles. The van der Waals surface area contributed by atoms with E-state index in [-0.39, 0.29) is 17.8 Å². The third kappa shape index (κ3) is 5.37. The van der Waals surface area contributed by atoms with Crippen molar-refractivity contribution >= 4 is 14.1 Å². The average molecular weight is 603 g/mol. The molecule has 0 spiro atoms. The summed E-state index contributed by atoms with van der Waals surface area (Å²) in [6, 6.07) is 6.01. The summed E-state index contributed by atoms with van der Waals surface area (Å²) in [5, 5.41) is 0. The van der Waals surface area contributed by atoms with E-state index < -0.39 is 25.4 Å². The van der Waals surface area contributed by atoms with Crippen LogP contribution in [0.5, 0.6) is 11.5 Å². The van der Waals surface area contributed by atoms with Crippen LogP contribution in [-0.4, -0.2) is 61.5 Å². The predicted octanol–water partition coefficient (Wildman–Crippen LogP) is 7.81. The Kier molecular flexibility index (Phi) is 10.8. The number of carbonyl (C=O) groups excluding carboxylic acids is 1. The van der Waals surface area contributed by atoms with Crippen LogP contribution in [0.25, 0.3) is 0 Å². The van der Waals surface area contributed by atoms with E-state index in [1.165, 1.54) is 0 Å². The summed E-state index contributed by atoms with van der Waals surface area (Å²) in [5.74, 6) is -0.245. The molecule has 0 aliphatic heterocycles. The summed E-state index contributed by atoms with van der Waals surface area (Å²) in [5.41, 5.74) is 2.20. The fourth-order valence-corrected chi connectivity index (χ4v) is 13.8. The second-order valence-electron chi connectivity index (χ2n) is 13.1. The lowest BCUT2D eigenvalue weighted by atomic mass is 9.52. The van der Waals surface area contributed by atoms with Gasteiger partial charge in [0.2, 0.25) is 8.32 Å². The van der Waals surface area contributed by atoms with Gasteiger partial charge in [-0.05, 0) is 61.0 Å². The van der Waals surface area contributed by atoms with Crippen molar-refractivity contribution in [2.24, 2.45) is 11.3 Å². The summed E-state index contributed by atoms with van der Waals surface area (Å²) in [6.45, 7) is 17.9. The molecule has 4 atom stereocenters. The number of methoxy groups -OCH3 is 5. The standard InChI is InChI=1S/C34H54O7Si/c1-21(2)16-17-33-20-29(41-42(22(3)4,23(5)6)24(7)8)31(25-14-15-26(36-9)27(18-25)37-10)32(34(33,39-12)40-13)28(38-11)19-30(33)35/h14-16,18-19,22-24,29,31-32H,17,20H2,1-13H3/t29-,31+,32-,33-/m0/s1. The minimum Gasteiger partial charge on any atom is -0.500 e. The van der Waals surface area contributed by atoms with Crippen LogP contribution in [0.3, 0.4) is 0 Å². The van der Waals surface area contributed by atoms with Crippen molar-refractivity contribution in [1.82, 2.24) is 0 Å². The van der Waals surface area contributed by atoms with Gasteiger partial charge in [-0.1, -0.05) is 59.3 Å². The van der Waals surface area contributed by atoms with Crippen molar-refractivity contribution in [2.75, 3.05) is 35.5 Å². The molecule has 0 saturated heterocycles. The van der Waals surface area contributed by atoms with Gasteiger partial charge >= 0.3 is 0 Å². The van der Waals surface area contributed by atoms with Crippen molar-refractivity contribution in [3.05, 3.63) is 47.2 Å². The minimum absolute atomic E-state index is 0.0536. The first-order chi connectivity index (χ1) is 19.8. The van der Waals surface area contributed by atoms with Crippen LogP contribution in [0.15, 0.2) is 41.7 Å². The molecule has 236 valence electrons. The molecule has 0 N–H and O–H groups in total. The Morgan fingerprint density at radius 3 is 1.93 bits per heavy atom. The second-order valence-corrected chi connectivity index (χ2v) is 18.5. The zero-order valence-corrected chi connectivity index (χ0v) is 29.1. The predicted molar refractivity (Wildman–Crippen MR) is 170 cm³/mol. The highest BCUT2D eigenvalue weighted by atomic mass is 28.4. The van der Waals surface area contributed by atoms with Gasteiger partial charge < -0.3 is 28.1 Å². The Morgan fingerprint density at radius 2 is 1.48 bits per heavy atom. The molecule has 2 aliphatic rings. The van der Waals surface area contributed by atoms with Crippen LogP contribution >= 0.6 is 0 Å². The molecule has 2 bridgehead atoms. The fraction of sp³-hybridized carbons (Fsp3) is 0.676. The van der Waals surface area contributed by atoms with E-state index in [2.05, 4.69) is 67.5 Å². The van der Waals surface area contributed by atoms with Crippen LogP contribution < -0.4 is 9.47 Å². The molecule has 1 fully saturated rings. The van der Waals surface area contributed by atoms with Crippen LogP contribution in [-0.2, 0) is 23.4 Å². The van der Waals surface area contributed by atoms with Crippen LogP contribution in [0.1, 0.15) is 79.7 Å². The van der Waals surface area contributed by atoms with Gasteiger partial charge in [0.05, 0.1) is 38.8 Å². The molecule has 0 amide bonds. The number of rotatable bonds is 13. The highest BCUT2D eigenvalue weighted by Crippen LogP contribution is 2.64. The van der Waals surface area contributed by atoms with E-state index in [4.69, 9.17) is 28.1 Å². The Bertz CT molecular complexity index is 1140. The molecule has 0 aromatic heterocycles. The average Bonchev–Trinajstić information content (AvgIpc) is 2.95. The normalized spacial score (nSPS) is 25.5. The van der Waals surface area contributed by atoms with Gasteiger partial charge in [-0.2, -0.15) is 0 Å². The third-order valence-electron chi connectivity index (χ3n) is 9.99. The van der Waals surface area contributed by atoms with Crippen molar-refractivity contribution in [3.63, 3.8) is 0 Å². The monoisotopic (exact) mass is 602 g/mol. The topological polar surface area (TPSA) is 72.5 Å². The summed E-state index contributed by atoms with van der Waals surface area (Å²) in [6.07, 6.45) is 4.40. The Hall–Kier alpha value is -2.13. The summed E-state index contributed by atoms with van der Waals surface area (Å²) in [4.78, 5) is 14.4. The number of allylic oxidation sites excluding steroid dienone is 3. The van der Waals surface area contributed by atoms with E-state index in [9.17, 15) is 4.79 Å². The molecule has 1 aromatic rings. The smallest absolute Gasteiger partial charge is 0.200 e. The van der Waals surface area contributed by atoms with Crippen molar-refractivity contribution in [1.29, 1.82) is 0 Å². The highest BCUT2D eigenvalue weighted by molar-refractivity contribution is 6.77. The Balaban J connectivity index is 2.44. The fourth-order valence-electron chi connectivity index (χ4n) is 8.23. The van der Waals surface area contributed by atoms with Gasteiger partial charge in [-0.15, -0.1) is 0 Å². The second kappa shape index (κ2) is 13.2. The van der Waals surface area contributed by atoms with E-state index >= 15 is 0 Å². The van der Waals surface area contributed by atoms with E-state index in [1.807, 2.05) is 12.1 Å². The molecule has 8 heteroatoms. The van der Waals surface area contributed by atoms with Gasteiger partial charge in [0, 0.05) is 26.2 Å². The lowest BCUT2D eigenvalue weighted by molar-refractivity contribution is -0.321. The van der Waals surface area contributed by atoms with Crippen LogP contribution in [0.4, 0.5) is 0 Å². The van der Waals surface area contributed by atoms with Gasteiger partial charge in [0.25, 0.3) is 0 Å². The first kappa shape index (κ1) is 34.4. The zero-order chi connectivity index (χ0) is 31.6. The highest BCUT2D eigenvalue weighted by Gasteiger charge is 2.71. The lowest BCUT2D eigenvalue weighted by Gasteiger charge is -2.61. The SMILES string of the molecule is COC1=CC(=O)[C@]2(CC=C(C)C)C[C@H](O[Si](C(C)C)(C(C)C)C(C)C)[C@@H](c3ccc(OC)c(OC)c3)[C@H]1C2(OC)OC. The first-order valence-corrected chi connectivity index (χ1v) is 17.3. The number of hydrogen-bond donors (Lipinski definition) is 0. The molecular formula is C34H54O7Si. The summed E-state index contributed by atoms with van der Waals surface area (Å²) >= 11 is 0. The van der Waals surface area contributed by atoms with Crippen molar-refractivity contribution < 1.29 is 32.9 Å². The molecule has 7 nitrogen and oxygen atoms in total. The molecule has 3 rings (SSSR count). The van der Waals surface area contributed by atoms with Crippen molar-refractivity contribution in [2.45, 2.75) is 103 Å². The largest absolute Gasteiger partial charge is 0.500 e. The Morgan fingerprint density at radius 1 is 0.905 bits per heavy atom. The molecular weight excluding hydrogens is 548 g/mol. The van der Waals surface area contributed by atoms with Crippen LogP contribution in [0.2, 0.25) is 16.6 Å². The molecule has 2 aliphatic carbocycles. The maximum absolute atomic E-state index is 14.4. The first-order valence-electron chi connectivity index (χ1n) is 15.2. The van der Waals surface area contributed by atoms with Gasteiger partial charge in [-0.25, -0.2) is 0 Å². The van der Waals surface area contributed by atoms with E-state index in [0.29, 0.717) is 46.7 Å². The van der Waals surface area contributed by atoms with Crippen LogP contribution in [0, 0.1) is 11.3 Å². The molecule has 42 heavy (non-hydrogen) atoms. The van der Waals surface area contributed by atoms with E-state index in [0.717, 1.165) is 11.1 Å². The zero-order valence-electron chi connectivity index (χ0n) is 28.1. The summed E-state index contributed by atoms with van der Waals surface area (Å²) in [7, 11) is 5.77. The number of fused-ring (bicyclic) bond motifs is 2. The molecule has 1 saturated carbocycles. The number of carbonyl (C=O) groups is 1. The van der Waals surface area contributed by atoms with Crippen molar-refractivity contribution in [3.8, 4) is 11.5 Å². The van der Waals surface area contributed by atoms with E-state index in [1.54, 1.807) is 41.6 Å². The number of benzene rings is 1. The molecule has 0 unspecified atom stereocenters. The maximum Gasteiger partial charge on any atom is 0.200 e. The summed E-state index contributed by atoms with van der Waals surface area (Å²) < 4.78 is 37.8. The number of hydrogen-bond acceptors (Lipinski definition) is 7. The van der Waals surface area contributed by atoms with Gasteiger partial charge in [0.1, 0.15) is 5.76 Å². The van der Waals surface area contributed by atoms with Gasteiger partial charge in [0.15, 0.2) is 23.1 Å². The molecule has 0 radical (unpaired) electrons. The minimum atomic E-state index is -2.40. The molecule has 1 aromatic carbocycles. The maximum atomic E-state index is 14.4. The number of ether oxygens (including phenoxy) is 5. The third-order valence-corrected chi connectivity index (χ3v) is 16.1.